The van der Waals surface area contributed by atoms with Crippen LogP contribution in [0.25, 0.3) is 0 Å². The van der Waals surface area contributed by atoms with Crippen LogP contribution in [0.15, 0.2) is 0 Å². The Balaban J connectivity index is -0.000000000237. The zero-order chi connectivity index (χ0) is 3.58. The summed E-state index contributed by atoms with van der Waals surface area (Å²) in [5.74, 6) is 6.92. The minimum absolute atomic E-state index is 0. The second kappa shape index (κ2) is 642. The van der Waals surface area contributed by atoms with E-state index in [2.05, 4.69) is 17.4 Å². The fourth-order valence-electron chi connectivity index (χ4n) is 0. The van der Waals surface area contributed by atoms with Gasteiger partial charge >= 0.3 is 10.1 Å². The van der Waals surface area contributed by atoms with Crippen LogP contribution in [0.3, 0.4) is 0 Å². The molecule has 0 rings (SSSR count). The maximum Gasteiger partial charge on any atom is 2.00 e. The normalized spacial score (nSPS) is 1.12. The Morgan fingerprint density at radius 3 is 0.375 bits per heavy atom. The Bertz CT molecular complexity index is 53.4. The van der Waals surface area contributed by atoms with Crippen molar-refractivity contribution in [3.63, 3.8) is 0 Å². The van der Waals surface area contributed by atoms with E-state index in [-0.39, 0.29) is 177 Å². The summed E-state index contributed by atoms with van der Waals surface area (Å²) in [6.07, 6.45) is 0. The van der Waals surface area contributed by atoms with Gasteiger partial charge in [-0.3, -0.25) is 0 Å². The summed E-state index contributed by atoms with van der Waals surface area (Å²) >= 11 is -0.139. The van der Waals surface area contributed by atoms with E-state index in [1.54, 1.807) is 0 Å². The fourth-order valence-corrected chi connectivity index (χ4v) is 0. The average molecular weight is 486 g/mol. The van der Waals surface area contributed by atoms with Crippen molar-refractivity contribution in [1.29, 1.82) is 0 Å². The van der Waals surface area contributed by atoms with Crippen LogP contribution in [0.2, 0.25) is 17.4 Å². The van der Waals surface area contributed by atoms with Gasteiger partial charge in [0.05, 0.1) is 0 Å². The molecule has 0 aromatic carbocycles. The molecule has 0 unspecified atom stereocenters. The Morgan fingerprint density at radius 2 is 0.375 bits per heavy atom. The van der Waals surface area contributed by atoms with Gasteiger partial charge in [0.2, 0.25) is 0 Å². The molecule has 0 aliphatic heterocycles. The minimum Gasteiger partial charge on any atom is -0.412 e. The zero-order valence-corrected chi connectivity index (χ0v) is 26.8. The third kappa shape index (κ3) is 4560. The van der Waals surface area contributed by atoms with Gasteiger partial charge in [0.1, 0.15) is 0 Å². The first-order chi connectivity index (χ1) is 1.73. The van der Waals surface area contributed by atoms with Gasteiger partial charge in [-0.05, 0) is 0 Å². The van der Waals surface area contributed by atoms with Gasteiger partial charge in [0.25, 0.3) is 14.1 Å². The molecule has 0 radical (unpaired) electrons. The molecular formula is C12H57AlBeN5O3Zn2-7. The van der Waals surface area contributed by atoms with Gasteiger partial charge in [0, 0.05) is 39.0 Å². The largest absolute Gasteiger partial charge is 2.00 e. The Labute approximate surface area is 193 Å². The van der Waals surface area contributed by atoms with Crippen molar-refractivity contribution < 1.29 is 55.4 Å². The number of hydrogen-bond acceptors (Lipinski definition) is 5. The third-order valence-electron chi connectivity index (χ3n) is 0. The smallest absolute Gasteiger partial charge is 0.412 e. The minimum atomic E-state index is -0.139. The zero-order valence-electron chi connectivity index (χ0n) is 19.7. The van der Waals surface area contributed by atoms with Crippen LogP contribution in [0.1, 0.15) is 0 Å². The van der Waals surface area contributed by atoms with Crippen molar-refractivity contribution in [3.05, 3.63) is 66.8 Å². The van der Waals surface area contributed by atoms with Gasteiger partial charge in [0.15, 0.2) is 0 Å². The molecule has 0 saturated carbocycles. The topological polar surface area (TPSA) is 270 Å². The van der Waals surface area contributed by atoms with Gasteiger partial charge < -0.3 is 114 Å². The summed E-state index contributed by atoms with van der Waals surface area (Å²) in [5.41, 5.74) is 0. The standard InChI is InChI=1S/12CH3.Al.Be.5H3N.3H2O.2Zn/h12*1H3;;;5*1H3;3*1H2;;/q;;;9*-1;;+2;;;;;;;;;;. The molecule has 0 atom stereocenters. The molecule has 0 heterocycles. The summed E-state index contributed by atoms with van der Waals surface area (Å²) in [6.45, 7) is 0. The average Bonchev–Trinajstić information content (AvgIpc) is 0.811. The van der Waals surface area contributed by atoms with Gasteiger partial charge in [-0.1, -0.05) is 0 Å². The van der Waals surface area contributed by atoms with Crippen molar-refractivity contribution >= 4 is 24.3 Å². The molecule has 8 nitrogen and oxygen atoms in total. The quantitative estimate of drug-likeness (QED) is 0.253. The van der Waals surface area contributed by atoms with Crippen LogP contribution in [0, 0.1) is 66.8 Å². The Kier molecular flexibility index (Phi) is 19400. The van der Waals surface area contributed by atoms with Crippen molar-refractivity contribution in [1.82, 2.24) is 30.8 Å². The van der Waals surface area contributed by atoms with Crippen LogP contribution < -0.4 is 30.8 Å². The third-order valence-corrected chi connectivity index (χ3v) is 0. The fraction of sp³-hybridized carbons (Fsp3) is 0.250. The first kappa shape index (κ1) is 726. The molecule has 21 N–H and O–H groups in total. The van der Waals surface area contributed by atoms with E-state index in [0.717, 1.165) is 0 Å². The molecule has 0 fully saturated rings. The maximum atomic E-state index is 2.31. The Hall–Kier alpha value is 1.63. The molecule has 24 heavy (non-hydrogen) atoms. The molecule has 0 bridgehead atoms. The predicted octanol–water partition coefficient (Wildman–Crippen LogP) is 3.37. The van der Waals surface area contributed by atoms with Gasteiger partial charge in [-0.2, -0.15) is 0 Å². The molecule has 0 aromatic rings. The van der Waals surface area contributed by atoms with Crippen LogP contribution in [0.4, 0.5) is 0 Å². The first-order valence-corrected chi connectivity index (χ1v) is 5.20. The maximum absolute atomic E-state index is 2.31. The van der Waals surface area contributed by atoms with E-state index in [1.807, 2.05) is 0 Å². The summed E-state index contributed by atoms with van der Waals surface area (Å²) in [4.78, 5) is 0. The van der Waals surface area contributed by atoms with Crippen LogP contribution in [-0.4, -0.2) is 40.7 Å². The molecule has 164 valence electrons. The van der Waals surface area contributed by atoms with Crippen molar-refractivity contribution in [2.75, 3.05) is 0 Å². The van der Waals surface area contributed by atoms with E-state index < -0.39 is 0 Å². The first-order valence-electron chi connectivity index (χ1n) is 1.73. The molecule has 0 aliphatic rings. The second-order valence-corrected chi connectivity index (χ2v) is 5.20. The SMILES string of the molecule is N.N.N.N.N.O.O.O.[Be+2].[CH3-].[CH3-].[CH3-].[CH3-].[CH3-].[CH3-].[CH3-].[CH3-].[CH3-].[CH3][Al]([CH3])[CH3].[Zn].[Zn]. The van der Waals surface area contributed by atoms with Crippen LogP contribution in [-0.2, 0) is 39.0 Å². The van der Waals surface area contributed by atoms with Gasteiger partial charge in [-0.15, -0.1) is 17.4 Å². The predicted molar refractivity (Wildman–Crippen MR) is 123 cm³/mol. The van der Waals surface area contributed by atoms with E-state index in [0.29, 0.717) is 0 Å². The van der Waals surface area contributed by atoms with E-state index in [1.165, 1.54) is 0 Å². The summed E-state index contributed by atoms with van der Waals surface area (Å²) in [7, 11) is 0. The summed E-state index contributed by atoms with van der Waals surface area (Å²) in [5, 5.41) is 0. The second-order valence-electron chi connectivity index (χ2n) is 1.73. The number of rotatable bonds is 0. The molecule has 12 heteroatoms. The van der Waals surface area contributed by atoms with Gasteiger partial charge in [-0.25, -0.2) is 0 Å². The van der Waals surface area contributed by atoms with E-state index in [9.17, 15) is 0 Å². The van der Waals surface area contributed by atoms with Crippen LogP contribution >= 0.6 is 0 Å². The van der Waals surface area contributed by atoms with Crippen LogP contribution in [0.5, 0.6) is 0 Å². The monoisotopic (exact) mass is 483 g/mol. The molecule has 0 amide bonds. The molecule has 0 aliphatic carbocycles. The molecule has 0 saturated heterocycles. The van der Waals surface area contributed by atoms with Crippen molar-refractivity contribution in [2.24, 2.45) is 0 Å². The Morgan fingerprint density at radius 1 is 0.375 bits per heavy atom. The molecule has 0 aromatic heterocycles. The molecule has 0 spiro atoms. The van der Waals surface area contributed by atoms with Crippen molar-refractivity contribution in [3.8, 4) is 0 Å². The summed E-state index contributed by atoms with van der Waals surface area (Å²) in [6, 6.07) is 0. The number of hydrogen-bond donors (Lipinski definition) is 5. The van der Waals surface area contributed by atoms with E-state index in [4.69, 9.17) is 0 Å². The van der Waals surface area contributed by atoms with E-state index >= 15 is 0 Å². The van der Waals surface area contributed by atoms with Crippen molar-refractivity contribution in [2.45, 2.75) is 17.4 Å². The molecular weight excluding hydrogens is 429 g/mol. The summed E-state index contributed by atoms with van der Waals surface area (Å²) < 4.78 is 0.